The average Bonchev–Trinajstić information content (AvgIpc) is 2.60. The standard InChI is InChI=1S/C20H26N2O2/c1-4-24-19-12-10-17(11-13-19)14-21-20(23)22(16(2)3)15-18-8-6-5-7-9-18/h5-13,16H,4,14-15H2,1-3H3,(H,21,23). The molecule has 0 spiro atoms. The molecular formula is C20H26N2O2. The highest BCUT2D eigenvalue weighted by atomic mass is 16.5. The third kappa shape index (κ3) is 5.30. The molecule has 4 heteroatoms. The number of carbonyl (C=O) groups is 1. The van der Waals surface area contributed by atoms with E-state index < -0.39 is 0 Å². The maximum Gasteiger partial charge on any atom is 0.318 e. The van der Waals surface area contributed by atoms with Crippen LogP contribution in [0.25, 0.3) is 0 Å². The van der Waals surface area contributed by atoms with Crippen molar-refractivity contribution in [3.8, 4) is 5.75 Å². The molecular weight excluding hydrogens is 300 g/mol. The molecule has 0 atom stereocenters. The first kappa shape index (κ1) is 17.9. The minimum Gasteiger partial charge on any atom is -0.494 e. The molecule has 2 aromatic rings. The molecule has 0 saturated carbocycles. The molecule has 0 bridgehead atoms. The molecule has 128 valence electrons. The summed E-state index contributed by atoms with van der Waals surface area (Å²) in [5.74, 6) is 0.848. The molecule has 2 aromatic carbocycles. The van der Waals surface area contributed by atoms with Gasteiger partial charge >= 0.3 is 6.03 Å². The summed E-state index contributed by atoms with van der Waals surface area (Å²) < 4.78 is 5.43. The Morgan fingerprint density at radius 2 is 1.71 bits per heavy atom. The van der Waals surface area contributed by atoms with Crippen LogP contribution in [0.15, 0.2) is 54.6 Å². The zero-order valence-corrected chi connectivity index (χ0v) is 14.7. The second-order valence-corrected chi connectivity index (χ2v) is 5.94. The fourth-order valence-electron chi connectivity index (χ4n) is 2.42. The summed E-state index contributed by atoms with van der Waals surface area (Å²) in [6.07, 6.45) is 0. The van der Waals surface area contributed by atoms with Crippen molar-refractivity contribution in [3.05, 3.63) is 65.7 Å². The number of nitrogens with zero attached hydrogens (tertiary/aromatic N) is 1. The van der Waals surface area contributed by atoms with Crippen LogP contribution in [-0.2, 0) is 13.1 Å². The van der Waals surface area contributed by atoms with E-state index in [-0.39, 0.29) is 12.1 Å². The second-order valence-electron chi connectivity index (χ2n) is 5.94. The first-order chi connectivity index (χ1) is 11.6. The lowest BCUT2D eigenvalue weighted by Gasteiger charge is -2.27. The number of urea groups is 1. The van der Waals surface area contributed by atoms with Crippen molar-refractivity contribution in [2.45, 2.75) is 39.9 Å². The highest BCUT2D eigenvalue weighted by molar-refractivity contribution is 5.74. The van der Waals surface area contributed by atoms with Crippen LogP contribution in [0.5, 0.6) is 5.75 Å². The van der Waals surface area contributed by atoms with E-state index in [1.165, 1.54) is 0 Å². The molecule has 0 fully saturated rings. The average molecular weight is 326 g/mol. The molecule has 0 unspecified atom stereocenters. The second kappa shape index (κ2) is 8.96. The van der Waals surface area contributed by atoms with E-state index in [1.54, 1.807) is 0 Å². The topological polar surface area (TPSA) is 41.6 Å². The van der Waals surface area contributed by atoms with Crippen molar-refractivity contribution >= 4 is 6.03 Å². The summed E-state index contributed by atoms with van der Waals surface area (Å²) >= 11 is 0. The highest BCUT2D eigenvalue weighted by Crippen LogP contribution is 2.13. The van der Waals surface area contributed by atoms with Gasteiger partial charge in [-0.1, -0.05) is 42.5 Å². The van der Waals surface area contributed by atoms with Gasteiger partial charge in [-0.2, -0.15) is 0 Å². The summed E-state index contributed by atoms with van der Waals surface area (Å²) in [7, 11) is 0. The largest absolute Gasteiger partial charge is 0.494 e. The Morgan fingerprint density at radius 3 is 2.29 bits per heavy atom. The first-order valence-corrected chi connectivity index (χ1v) is 8.40. The third-order valence-electron chi connectivity index (χ3n) is 3.76. The Kier molecular flexibility index (Phi) is 6.67. The Labute approximate surface area is 144 Å². The molecule has 0 saturated heterocycles. The van der Waals surface area contributed by atoms with Gasteiger partial charge in [0.15, 0.2) is 0 Å². The van der Waals surface area contributed by atoms with Crippen LogP contribution in [0, 0.1) is 0 Å². The lowest BCUT2D eigenvalue weighted by molar-refractivity contribution is 0.179. The van der Waals surface area contributed by atoms with Gasteiger partial charge in [-0.25, -0.2) is 4.79 Å². The zero-order chi connectivity index (χ0) is 17.4. The quantitative estimate of drug-likeness (QED) is 0.828. The van der Waals surface area contributed by atoms with E-state index in [9.17, 15) is 4.79 Å². The molecule has 0 aliphatic carbocycles. The zero-order valence-electron chi connectivity index (χ0n) is 14.7. The van der Waals surface area contributed by atoms with Crippen LogP contribution in [0.1, 0.15) is 31.9 Å². The monoisotopic (exact) mass is 326 g/mol. The van der Waals surface area contributed by atoms with Crippen molar-refractivity contribution in [2.75, 3.05) is 6.61 Å². The van der Waals surface area contributed by atoms with Gasteiger partial charge in [0, 0.05) is 19.1 Å². The van der Waals surface area contributed by atoms with Gasteiger partial charge in [0.1, 0.15) is 5.75 Å². The molecule has 0 aliphatic rings. The highest BCUT2D eigenvalue weighted by Gasteiger charge is 2.16. The molecule has 2 amide bonds. The summed E-state index contributed by atoms with van der Waals surface area (Å²) in [5, 5.41) is 3.00. The van der Waals surface area contributed by atoms with Crippen LogP contribution in [0.2, 0.25) is 0 Å². The van der Waals surface area contributed by atoms with Crippen molar-refractivity contribution in [1.82, 2.24) is 10.2 Å². The predicted molar refractivity (Wildman–Crippen MR) is 97.0 cm³/mol. The molecule has 1 N–H and O–H groups in total. The third-order valence-corrected chi connectivity index (χ3v) is 3.76. The number of amides is 2. The lowest BCUT2D eigenvalue weighted by atomic mass is 10.2. The van der Waals surface area contributed by atoms with E-state index >= 15 is 0 Å². The summed E-state index contributed by atoms with van der Waals surface area (Å²) in [6, 6.07) is 17.9. The smallest absolute Gasteiger partial charge is 0.318 e. The fraction of sp³-hybridized carbons (Fsp3) is 0.350. The maximum absolute atomic E-state index is 12.5. The molecule has 4 nitrogen and oxygen atoms in total. The first-order valence-electron chi connectivity index (χ1n) is 8.40. The predicted octanol–water partition coefficient (Wildman–Crippen LogP) is 4.21. The number of hydrogen-bond acceptors (Lipinski definition) is 2. The van der Waals surface area contributed by atoms with Crippen LogP contribution in [-0.4, -0.2) is 23.6 Å². The molecule has 0 radical (unpaired) electrons. The summed E-state index contributed by atoms with van der Waals surface area (Å²) in [4.78, 5) is 14.4. The number of nitrogens with one attached hydrogen (secondary N) is 1. The molecule has 0 heterocycles. The molecule has 0 aliphatic heterocycles. The maximum atomic E-state index is 12.5. The minimum absolute atomic E-state index is 0.0530. The SMILES string of the molecule is CCOc1ccc(CNC(=O)N(Cc2ccccc2)C(C)C)cc1. The van der Waals surface area contributed by atoms with E-state index in [4.69, 9.17) is 4.74 Å². The Hall–Kier alpha value is -2.49. The van der Waals surface area contributed by atoms with Gasteiger partial charge in [0.05, 0.1) is 6.61 Å². The fourth-order valence-corrected chi connectivity index (χ4v) is 2.42. The number of ether oxygens (including phenoxy) is 1. The van der Waals surface area contributed by atoms with Crippen molar-refractivity contribution in [2.24, 2.45) is 0 Å². The van der Waals surface area contributed by atoms with Gasteiger partial charge in [-0.3, -0.25) is 0 Å². The Morgan fingerprint density at radius 1 is 1.04 bits per heavy atom. The van der Waals surface area contributed by atoms with Crippen LogP contribution in [0.3, 0.4) is 0 Å². The normalized spacial score (nSPS) is 10.5. The van der Waals surface area contributed by atoms with Crippen LogP contribution in [0.4, 0.5) is 4.79 Å². The van der Waals surface area contributed by atoms with E-state index in [0.717, 1.165) is 16.9 Å². The summed E-state index contributed by atoms with van der Waals surface area (Å²) in [6.45, 7) is 7.77. The molecule has 2 rings (SSSR count). The minimum atomic E-state index is -0.0530. The number of hydrogen-bond donors (Lipinski definition) is 1. The van der Waals surface area contributed by atoms with Crippen molar-refractivity contribution in [1.29, 1.82) is 0 Å². The molecule has 0 aromatic heterocycles. The van der Waals surface area contributed by atoms with Gasteiger partial charge in [0.2, 0.25) is 0 Å². The van der Waals surface area contributed by atoms with Gasteiger partial charge < -0.3 is 15.0 Å². The summed E-state index contributed by atoms with van der Waals surface area (Å²) in [5.41, 5.74) is 2.18. The van der Waals surface area contributed by atoms with Crippen molar-refractivity contribution < 1.29 is 9.53 Å². The number of carbonyl (C=O) groups excluding carboxylic acids is 1. The lowest BCUT2D eigenvalue weighted by Crippen LogP contribution is -2.43. The van der Waals surface area contributed by atoms with Crippen LogP contribution >= 0.6 is 0 Å². The molecule has 24 heavy (non-hydrogen) atoms. The van der Waals surface area contributed by atoms with Crippen molar-refractivity contribution in [3.63, 3.8) is 0 Å². The van der Waals surface area contributed by atoms with E-state index in [1.807, 2.05) is 80.3 Å². The van der Waals surface area contributed by atoms with E-state index in [2.05, 4.69) is 5.32 Å². The Balaban J connectivity index is 1.93. The van der Waals surface area contributed by atoms with Gasteiger partial charge in [-0.15, -0.1) is 0 Å². The van der Waals surface area contributed by atoms with Crippen LogP contribution < -0.4 is 10.1 Å². The van der Waals surface area contributed by atoms with Gasteiger partial charge in [0.25, 0.3) is 0 Å². The van der Waals surface area contributed by atoms with E-state index in [0.29, 0.717) is 19.7 Å². The van der Waals surface area contributed by atoms with Gasteiger partial charge in [-0.05, 0) is 44.0 Å². The number of benzene rings is 2. The number of rotatable bonds is 7. The Bertz CT molecular complexity index is 624.